The molecule has 0 aliphatic carbocycles. The van der Waals surface area contributed by atoms with E-state index in [2.05, 4.69) is 26.8 Å². The number of alkyl halides is 1. The molecule has 2 N–H and O–H groups in total. The van der Waals surface area contributed by atoms with Crippen LogP contribution in [0, 0.1) is 6.92 Å². The number of hydrogen-bond donors (Lipinski definition) is 2. The summed E-state index contributed by atoms with van der Waals surface area (Å²) in [6, 6.07) is 10.3. The predicted molar refractivity (Wildman–Crippen MR) is 110 cm³/mol. The Morgan fingerprint density at radius 2 is 2.00 bits per heavy atom. The number of benzene rings is 1. The molecular formula is C20H27FN4O2S. The Bertz CT molecular complexity index is 918. The molecule has 2 aromatic rings. The molecule has 28 heavy (non-hydrogen) atoms. The molecule has 0 radical (unpaired) electrons. The average molecular weight is 407 g/mol. The molecule has 2 atom stereocenters. The normalized spacial score (nSPS) is 18.7. The van der Waals surface area contributed by atoms with Gasteiger partial charge in [0.05, 0.1) is 23.0 Å². The molecule has 6 nitrogen and oxygen atoms in total. The second-order valence-electron chi connectivity index (χ2n) is 7.33. The Morgan fingerprint density at radius 3 is 2.61 bits per heavy atom. The Labute approximate surface area is 166 Å². The smallest absolute Gasteiger partial charge is 0.261 e. The zero-order valence-electron chi connectivity index (χ0n) is 16.4. The van der Waals surface area contributed by atoms with Crippen LogP contribution in [0.5, 0.6) is 0 Å². The summed E-state index contributed by atoms with van der Waals surface area (Å²) in [7, 11) is -3.74. The molecular weight excluding hydrogens is 379 g/mol. The van der Waals surface area contributed by atoms with E-state index in [4.69, 9.17) is 0 Å². The second-order valence-corrected chi connectivity index (χ2v) is 9.02. The van der Waals surface area contributed by atoms with Crippen molar-refractivity contribution in [1.82, 2.24) is 10.3 Å². The number of halogens is 1. The lowest BCUT2D eigenvalue weighted by Gasteiger charge is -2.33. The molecule has 152 valence electrons. The summed E-state index contributed by atoms with van der Waals surface area (Å²) in [6.45, 7) is 7.82. The Kier molecular flexibility index (Phi) is 6.20. The lowest BCUT2D eigenvalue weighted by atomic mass is 10.0. The summed E-state index contributed by atoms with van der Waals surface area (Å²) < 4.78 is 40.8. The van der Waals surface area contributed by atoms with E-state index in [1.54, 1.807) is 32.0 Å². The summed E-state index contributed by atoms with van der Waals surface area (Å²) in [6.07, 6.45) is 0. The topological polar surface area (TPSA) is 74.3 Å². The molecule has 1 aliphatic heterocycles. The zero-order chi connectivity index (χ0) is 20.3. The van der Waals surface area contributed by atoms with Gasteiger partial charge in [-0.1, -0.05) is 19.1 Å². The van der Waals surface area contributed by atoms with Gasteiger partial charge >= 0.3 is 0 Å². The van der Waals surface area contributed by atoms with Crippen LogP contribution >= 0.6 is 0 Å². The molecule has 0 amide bonds. The molecule has 0 saturated carbocycles. The molecule has 1 fully saturated rings. The molecule has 0 spiro atoms. The summed E-state index contributed by atoms with van der Waals surface area (Å²) in [4.78, 5) is 6.92. The van der Waals surface area contributed by atoms with E-state index in [1.807, 2.05) is 6.07 Å². The van der Waals surface area contributed by atoms with Gasteiger partial charge in [-0.3, -0.25) is 9.11 Å². The third kappa shape index (κ3) is 4.62. The third-order valence-corrected chi connectivity index (χ3v) is 6.38. The van der Waals surface area contributed by atoms with Gasteiger partial charge in [0.2, 0.25) is 0 Å². The first-order chi connectivity index (χ1) is 13.3. The minimum absolute atomic E-state index is 0.140. The molecule has 1 saturated heterocycles. The van der Waals surface area contributed by atoms with Gasteiger partial charge in [0, 0.05) is 31.6 Å². The molecule has 1 aromatic carbocycles. The van der Waals surface area contributed by atoms with Crippen molar-refractivity contribution < 1.29 is 12.8 Å². The van der Waals surface area contributed by atoms with E-state index in [1.165, 1.54) is 12.1 Å². The number of hydrogen-bond acceptors (Lipinski definition) is 5. The van der Waals surface area contributed by atoms with Gasteiger partial charge < -0.3 is 10.2 Å². The fraction of sp³-hybridized carbons (Fsp3) is 0.450. The number of aryl methyl sites for hydroxylation is 1. The second kappa shape index (κ2) is 8.45. The van der Waals surface area contributed by atoms with Gasteiger partial charge in [-0.05, 0) is 43.7 Å². The van der Waals surface area contributed by atoms with Crippen molar-refractivity contribution >= 4 is 21.5 Å². The van der Waals surface area contributed by atoms with Crippen LogP contribution in [0.2, 0.25) is 0 Å². The number of pyridine rings is 1. The van der Waals surface area contributed by atoms with E-state index >= 15 is 0 Å². The van der Waals surface area contributed by atoms with Crippen LogP contribution in [0.15, 0.2) is 41.3 Å². The van der Waals surface area contributed by atoms with Crippen LogP contribution < -0.4 is 14.9 Å². The van der Waals surface area contributed by atoms with Gasteiger partial charge in [0.1, 0.15) is 5.82 Å². The molecule has 8 heteroatoms. The van der Waals surface area contributed by atoms with E-state index in [-0.39, 0.29) is 10.8 Å². The first kappa shape index (κ1) is 20.5. The predicted octanol–water partition coefficient (Wildman–Crippen LogP) is 3.06. The quantitative estimate of drug-likeness (QED) is 0.771. The highest BCUT2D eigenvalue weighted by atomic mass is 32.2. The lowest BCUT2D eigenvalue weighted by molar-refractivity contribution is 0.447. The van der Waals surface area contributed by atoms with Crippen LogP contribution in [0.1, 0.15) is 31.0 Å². The van der Waals surface area contributed by atoms with Crippen LogP contribution in [0.25, 0.3) is 0 Å². The summed E-state index contributed by atoms with van der Waals surface area (Å²) in [5.74, 6) is 0.592. The molecule has 1 aromatic heterocycles. The average Bonchev–Trinajstić information content (AvgIpc) is 2.69. The number of anilines is 2. The lowest BCUT2D eigenvalue weighted by Crippen LogP contribution is -2.49. The Hall–Kier alpha value is -2.19. The summed E-state index contributed by atoms with van der Waals surface area (Å²) in [5, 5.41) is 3.39. The Morgan fingerprint density at radius 1 is 1.29 bits per heavy atom. The highest BCUT2D eigenvalue weighted by Crippen LogP contribution is 2.24. The maximum atomic E-state index is 12.8. The number of rotatable bonds is 6. The van der Waals surface area contributed by atoms with Gasteiger partial charge in [0.15, 0.2) is 0 Å². The maximum absolute atomic E-state index is 12.8. The fourth-order valence-corrected chi connectivity index (χ4v) is 4.36. The molecule has 2 heterocycles. The summed E-state index contributed by atoms with van der Waals surface area (Å²) in [5.41, 5.74) is 1.84. The van der Waals surface area contributed by atoms with E-state index in [0.717, 1.165) is 31.0 Å². The van der Waals surface area contributed by atoms with Crippen LogP contribution in [0.4, 0.5) is 15.9 Å². The van der Waals surface area contributed by atoms with Crippen molar-refractivity contribution in [1.29, 1.82) is 0 Å². The van der Waals surface area contributed by atoms with Crippen molar-refractivity contribution in [2.75, 3.05) is 35.9 Å². The third-order valence-electron chi connectivity index (χ3n) is 5.00. The minimum atomic E-state index is -3.74. The van der Waals surface area contributed by atoms with Crippen molar-refractivity contribution in [3.05, 3.63) is 47.7 Å². The van der Waals surface area contributed by atoms with Crippen molar-refractivity contribution in [2.24, 2.45) is 0 Å². The first-order valence-corrected chi connectivity index (χ1v) is 10.9. The van der Waals surface area contributed by atoms with Gasteiger partial charge in [-0.15, -0.1) is 0 Å². The molecule has 0 bridgehead atoms. The largest absolute Gasteiger partial charge is 0.354 e. The van der Waals surface area contributed by atoms with Crippen LogP contribution in [0.3, 0.4) is 0 Å². The van der Waals surface area contributed by atoms with Crippen molar-refractivity contribution in [3.8, 4) is 0 Å². The highest BCUT2D eigenvalue weighted by Gasteiger charge is 2.20. The standard InChI is InChI=1S/C20H27FN4O2S/c1-14(12-21)17-4-6-18(7-5-17)28(26,27)24-19-8-9-20(23-16(19)3)25-11-10-22-15(2)13-25/h4-9,14-15,22,24H,10-13H2,1-3H3/t14-,15?/m1/s1. The van der Waals surface area contributed by atoms with E-state index in [9.17, 15) is 12.8 Å². The number of aromatic nitrogens is 1. The highest BCUT2D eigenvalue weighted by molar-refractivity contribution is 7.92. The van der Waals surface area contributed by atoms with Crippen molar-refractivity contribution in [3.63, 3.8) is 0 Å². The van der Waals surface area contributed by atoms with E-state index < -0.39 is 16.7 Å². The SMILES string of the molecule is Cc1nc(N2CCNC(C)C2)ccc1NS(=O)(=O)c1ccc([C@H](C)CF)cc1. The molecule has 1 unspecified atom stereocenters. The van der Waals surface area contributed by atoms with Crippen molar-refractivity contribution in [2.45, 2.75) is 37.6 Å². The van der Waals surface area contributed by atoms with Crippen LogP contribution in [-0.4, -0.2) is 45.8 Å². The number of piperazine rings is 1. The summed E-state index contributed by atoms with van der Waals surface area (Å²) >= 11 is 0. The zero-order valence-corrected chi connectivity index (χ0v) is 17.3. The van der Waals surface area contributed by atoms with Gasteiger partial charge in [-0.25, -0.2) is 13.4 Å². The van der Waals surface area contributed by atoms with Gasteiger partial charge in [0.25, 0.3) is 10.0 Å². The van der Waals surface area contributed by atoms with Gasteiger partial charge in [-0.2, -0.15) is 0 Å². The van der Waals surface area contributed by atoms with Crippen LogP contribution in [-0.2, 0) is 10.0 Å². The first-order valence-electron chi connectivity index (χ1n) is 9.45. The number of nitrogens with one attached hydrogen (secondary N) is 2. The number of nitrogens with zero attached hydrogens (tertiary/aromatic N) is 2. The fourth-order valence-electron chi connectivity index (χ4n) is 3.24. The maximum Gasteiger partial charge on any atom is 0.261 e. The molecule has 1 aliphatic rings. The number of sulfonamides is 1. The monoisotopic (exact) mass is 406 g/mol. The molecule has 3 rings (SSSR count). The van der Waals surface area contributed by atoms with E-state index in [0.29, 0.717) is 17.4 Å². The minimum Gasteiger partial charge on any atom is -0.354 e. The Balaban J connectivity index is 1.76.